The summed E-state index contributed by atoms with van der Waals surface area (Å²) in [5.41, 5.74) is 2.29. The first-order chi connectivity index (χ1) is 15.2. The molecule has 1 N–H and O–H groups in total. The Hall–Kier alpha value is -1.80. The molecule has 0 bridgehead atoms. The van der Waals surface area contributed by atoms with Crippen LogP contribution >= 0.6 is 46.4 Å². The van der Waals surface area contributed by atoms with Crippen molar-refractivity contribution in [2.45, 2.75) is 17.4 Å². The fourth-order valence-corrected chi connectivity index (χ4v) is 5.35. The second-order valence-corrected chi connectivity index (χ2v) is 10.6. The molecule has 0 saturated heterocycles. The van der Waals surface area contributed by atoms with E-state index in [4.69, 9.17) is 46.4 Å². The number of nitrogens with one attached hydrogen (secondary N) is 1. The smallest absolute Gasteiger partial charge is 0.240 e. The summed E-state index contributed by atoms with van der Waals surface area (Å²) in [6.07, 6.45) is 0.499. The van der Waals surface area contributed by atoms with Crippen LogP contribution in [0.3, 0.4) is 0 Å². The van der Waals surface area contributed by atoms with Gasteiger partial charge in [-0.2, -0.15) is 5.10 Å². The summed E-state index contributed by atoms with van der Waals surface area (Å²) in [5.74, 6) is 0. The van der Waals surface area contributed by atoms with E-state index < -0.39 is 10.0 Å². The molecule has 5 nitrogen and oxygen atoms in total. The predicted molar refractivity (Wildman–Crippen MR) is 132 cm³/mol. The van der Waals surface area contributed by atoms with Gasteiger partial charge in [-0.25, -0.2) is 13.1 Å². The maximum Gasteiger partial charge on any atom is 0.240 e. The van der Waals surface area contributed by atoms with Crippen LogP contribution in [0.25, 0.3) is 0 Å². The van der Waals surface area contributed by atoms with Crippen molar-refractivity contribution in [3.63, 3.8) is 0 Å². The van der Waals surface area contributed by atoms with E-state index in [2.05, 4.69) is 9.82 Å². The minimum Gasteiger partial charge on any atom is -0.256 e. The molecule has 0 saturated carbocycles. The van der Waals surface area contributed by atoms with Gasteiger partial charge >= 0.3 is 0 Å². The minimum atomic E-state index is -3.75. The van der Waals surface area contributed by atoms with E-state index in [1.54, 1.807) is 47.5 Å². The van der Waals surface area contributed by atoms with Crippen molar-refractivity contribution in [3.05, 3.63) is 92.4 Å². The molecule has 166 valence electrons. The van der Waals surface area contributed by atoms with Gasteiger partial charge in [-0.05, 0) is 54.1 Å². The zero-order valence-electron chi connectivity index (χ0n) is 16.5. The van der Waals surface area contributed by atoms with Crippen molar-refractivity contribution >= 4 is 67.8 Å². The zero-order chi connectivity index (χ0) is 22.9. The average Bonchev–Trinajstić information content (AvgIpc) is 3.17. The van der Waals surface area contributed by atoms with Gasteiger partial charge in [0.05, 0.1) is 33.9 Å². The van der Waals surface area contributed by atoms with Crippen LogP contribution in [0.1, 0.15) is 18.0 Å². The van der Waals surface area contributed by atoms with Gasteiger partial charge in [-0.1, -0.05) is 64.6 Å². The molecule has 1 atom stereocenters. The Bertz CT molecular complexity index is 1280. The third kappa shape index (κ3) is 5.22. The van der Waals surface area contributed by atoms with E-state index in [0.717, 1.165) is 5.56 Å². The summed E-state index contributed by atoms with van der Waals surface area (Å²) in [6, 6.07) is 18.5. The zero-order valence-corrected chi connectivity index (χ0v) is 20.3. The number of benzene rings is 3. The number of hydrogen-bond donors (Lipinski definition) is 1. The van der Waals surface area contributed by atoms with Crippen molar-refractivity contribution in [2.75, 3.05) is 11.6 Å². The molecule has 1 aliphatic rings. The molecule has 1 aliphatic heterocycles. The summed E-state index contributed by atoms with van der Waals surface area (Å²) in [6.45, 7) is 0.0423. The molecule has 0 fully saturated rings. The number of sulfonamides is 1. The molecule has 0 aliphatic carbocycles. The summed E-state index contributed by atoms with van der Waals surface area (Å²) in [7, 11) is -3.75. The summed E-state index contributed by atoms with van der Waals surface area (Å²) < 4.78 is 28.0. The van der Waals surface area contributed by atoms with E-state index in [1.165, 1.54) is 12.1 Å². The van der Waals surface area contributed by atoms with E-state index >= 15 is 0 Å². The molecule has 3 aromatic carbocycles. The summed E-state index contributed by atoms with van der Waals surface area (Å²) >= 11 is 24.5. The summed E-state index contributed by atoms with van der Waals surface area (Å²) in [5, 5.41) is 8.39. The second-order valence-electron chi connectivity index (χ2n) is 7.16. The topological polar surface area (TPSA) is 61.8 Å². The number of anilines is 1. The van der Waals surface area contributed by atoms with E-state index in [-0.39, 0.29) is 17.5 Å². The quantitative estimate of drug-likeness (QED) is 0.392. The van der Waals surface area contributed by atoms with Crippen LogP contribution in [-0.4, -0.2) is 20.7 Å². The maximum atomic E-state index is 12.7. The lowest BCUT2D eigenvalue weighted by molar-refractivity contribution is 0.586. The average molecular weight is 529 g/mol. The Morgan fingerprint density at radius 1 is 0.906 bits per heavy atom. The van der Waals surface area contributed by atoms with Gasteiger partial charge in [0.2, 0.25) is 10.0 Å². The number of hydrazone groups is 1. The van der Waals surface area contributed by atoms with Crippen molar-refractivity contribution < 1.29 is 8.42 Å². The van der Waals surface area contributed by atoms with Crippen molar-refractivity contribution in [1.29, 1.82) is 0 Å². The first kappa shape index (κ1) is 23.4. The monoisotopic (exact) mass is 527 g/mol. The highest BCUT2D eigenvalue weighted by atomic mass is 35.5. The fraction of sp³-hybridized carbons (Fsp3) is 0.136. The summed E-state index contributed by atoms with van der Waals surface area (Å²) in [4.78, 5) is 0.0930. The Morgan fingerprint density at radius 2 is 1.59 bits per heavy atom. The molecule has 0 radical (unpaired) electrons. The first-order valence-electron chi connectivity index (χ1n) is 9.54. The van der Waals surface area contributed by atoms with Gasteiger partial charge in [0.15, 0.2) is 0 Å². The molecule has 1 heterocycles. The highest BCUT2D eigenvalue weighted by Crippen LogP contribution is 2.39. The highest BCUT2D eigenvalue weighted by molar-refractivity contribution is 7.89. The minimum absolute atomic E-state index is 0.0423. The largest absolute Gasteiger partial charge is 0.256 e. The second kappa shape index (κ2) is 9.59. The van der Waals surface area contributed by atoms with Crippen LogP contribution in [-0.2, 0) is 10.0 Å². The third-order valence-corrected chi connectivity index (χ3v) is 7.38. The van der Waals surface area contributed by atoms with E-state index in [0.29, 0.717) is 37.9 Å². The molecule has 0 spiro atoms. The Balaban J connectivity index is 1.61. The lowest BCUT2D eigenvalue weighted by atomic mass is 10.0. The number of rotatable bonds is 6. The molecular formula is C22H17Cl4N3O2S. The molecule has 4 rings (SSSR count). The van der Waals surface area contributed by atoms with Gasteiger partial charge in [-0.15, -0.1) is 0 Å². The number of hydrogen-bond acceptors (Lipinski definition) is 4. The van der Waals surface area contributed by atoms with Gasteiger partial charge in [0.1, 0.15) is 0 Å². The molecule has 0 amide bonds. The van der Waals surface area contributed by atoms with Crippen LogP contribution < -0.4 is 9.73 Å². The van der Waals surface area contributed by atoms with Gasteiger partial charge in [-0.3, -0.25) is 5.01 Å². The van der Waals surface area contributed by atoms with Gasteiger partial charge in [0.25, 0.3) is 0 Å². The first-order valence-corrected chi connectivity index (χ1v) is 12.5. The molecule has 0 aromatic heterocycles. The van der Waals surface area contributed by atoms with Gasteiger partial charge < -0.3 is 0 Å². The lowest BCUT2D eigenvalue weighted by Gasteiger charge is -2.25. The van der Waals surface area contributed by atoms with Crippen LogP contribution in [0.15, 0.2) is 76.7 Å². The molecule has 32 heavy (non-hydrogen) atoms. The SMILES string of the molecule is O=S(=O)(NCC1=NN(c2ccc(Cl)cc2Cl)C(c2ccc(Cl)cc2)C1)c1cccc(Cl)c1. The maximum absolute atomic E-state index is 12.7. The van der Waals surface area contributed by atoms with Crippen LogP contribution in [0, 0.1) is 0 Å². The Labute approximate surface area is 206 Å². The lowest BCUT2D eigenvalue weighted by Crippen LogP contribution is -2.29. The fourth-order valence-electron chi connectivity index (χ4n) is 3.41. The third-order valence-electron chi connectivity index (χ3n) is 4.96. The standard InChI is InChI=1S/C22H17Cl4N3O2S/c23-15-6-4-14(5-7-15)22-12-18(28-29(22)21-9-8-17(25)11-20(21)26)13-27-32(30,31)19-3-1-2-16(24)10-19/h1-11,22,27H,12-13H2. The molecule has 3 aromatic rings. The van der Waals surface area contributed by atoms with Gasteiger partial charge in [0, 0.05) is 21.5 Å². The molecule has 1 unspecified atom stereocenters. The van der Waals surface area contributed by atoms with E-state index in [1.807, 2.05) is 12.1 Å². The molecule has 10 heteroatoms. The molecular weight excluding hydrogens is 512 g/mol. The normalized spacial score (nSPS) is 16.3. The van der Waals surface area contributed by atoms with Crippen molar-refractivity contribution in [1.82, 2.24) is 4.72 Å². The Morgan fingerprint density at radius 3 is 2.28 bits per heavy atom. The van der Waals surface area contributed by atoms with Crippen LogP contribution in [0.4, 0.5) is 5.69 Å². The van der Waals surface area contributed by atoms with Crippen LogP contribution in [0.5, 0.6) is 0 Å². The predicted octanol–water partition coefficient (Wildman–Crippen LogP) is 6.59. The van der Waals surface area contributed by atoms with Crippen LogP contribution in [0.2, 0.25) is 20.1 Å². The Kier molecular flexibility index (Phi) is 7.00. The number of nitrogens with zero attached hydrogens (tertiary/aromatic N) is 2. The van der Waals surface area contributed by atoms with E-state index in [9.17, 15) is 8.42 Å². The van der Waals surface area contributed by atoms with Crippen molar-refractivity contribution in [3.8, 4) is 0 Å². The van der Waals surface area contributed by atoms with Crippen molar-refractivity contribution in [2.24, 2.45) is 5.10 Å². The highest BCUT2D eigenvalue weighted by Gasteiger charge is 2.31. The number of halogens is 4.